The second kappa shape index (κ2) is 9.94. The molecule has 0 aromatic rings. The molecule has 26 heavy (non-hydrogen) atoms. The number of nitrogens with zero attached hydrogens (tertiary/aromatic N) is 1. The van der Waals surface area contributed by atoms with E-state index in [4.69, 9.17) is 0 Å². The topological polar surface area (TPSA) is 3.24 Å². The first-order chi connectivity index (χ1) is 12.5. The summed E-state index contributed by atoms with van der Waals surface area (Å²) in [5.74, 6) is 0.512. The Balaban J connectivity index is 2.48. The van der Waals surface area contributed by atoms with Crippen molar-refractivity contribution in [3.05, 3.63) is 58.1 Å². The highest BCUT2D eigenvalue weighted by Gasteiger charge is 2.25. The van der Waals surface area contributed by atoms with Crippen molar-refractivity contribution >= 4 is 0 Å². The van der Waals surface area contributed by atoms with Crippen molar-refractivity contribution in [1.29, 1.82) is 0 Å². The summed E-state index contributed by atoms with van der Waals surface area (Å²) in [6.07, 6.45) is 16.5. The van der Waals surface area contributed by atoms with Crippen LogP contribution in [0.2, 0.25) is 0 Å². The van der Waals surface area contributed by atoms with Crippen LogP contribution in [0.4, 0.5) is 4.39 Å². The van der Waals surface area contributed by atoms with Crippen molar-refractivity contribution in [3.8, 4) is 0 Å². The van der Waals surface area contributed by atoms with Crippen LogP contribution in [0.15, 0.2) is 58.1 Å². The number of allylic oxidation sites excluding steroid dienone is 10. The zero-order valence-electron chi connectivity index (χ0n) is 17.4. The third-order valence-electron chi connectivity index (χ3n) is 5.37. The van der Waals surface area contributed by atoms with Gasteiger partial charge in [0.2, 0.25) is 0 Å². The zero-order chi connectivity index (χ0) is 19.1. The fourth-order valence-corrected chi connectivity index (χ4v) is 3.60. The van der Waals surface area contributed by atoms with E-state index in [1.165, 1.54) is 48.9 Å². The Labute approximate surface area is 160 Å². The molecule has 1 heterocycles. The average Bonchev–Trinajstić information content (AvgIpc) is 3.45. The van der Waals surface area contributed by atoms with Crippen molar-refractivity contribution in [2.24, 2.45) is 5.92 Å². The fourth-order valence-electron chi connectivity index (χ4n) is 3.60. The van der Waals surface area contributed by atoms with E-state index in [9.17, 15) is 4.39 Å². The first-order valence-corrected chi connectivity index (χ1v) is 10.3. The molecule has 1 saturated heterocycles. The molecule has 0 amide bonds. The van der Waals surface area contributed by atoms with Gasteiger partial charge in [0.15, 0.2) is 0 Å². The van der Waals surface area contributed by atoms with Crippen LogP contribution >= 0.6 is 0 Å². The largest absolute Gasteiger partial charge is 0.378 e. The van der Waals surface area contributed by atoms with Crippen LogP contribution in [0.25, 0.3) is 0 Å². The summed E-state index contributed by atoms with van der Waals surface area (Å²) in [6.45, 7) is 9.24. The maximum atomic E-state index is 14.9. The second-order valence-electron chi connectivity index (χ2n) is 7.86. The quantitative estimate of drug-likeness (QED) is 0.452. The van der Waals surface area contributed by atoms with Crippen molar-refractivity contribution < 1.29 is 4.39 Å². The minimum atomic E-state index is -0.114. The molecule has 1 aliphatic heterocycles. The maximum absolute atomic E-state index is 14.9. The van der Waals surface area contributed by atoms with Crippen LogP contribution in [0.5, 0.6) is 0 Å². The molecular formula is C24H36FN. The van der Waals surface area contributed by atoms with Crippen LogP contribution in [0, 0.1) is 5.92 Å². The van der Waals surface area contributed by atoms with Gasteiger partial charge in [-0.3, -0.25) is 0 Å². The number of halogens is 1. The van der Waals surface area contributed by atoms with Gasteiger partial charge in [0.1, 0.15) is 5.83 Å². The van der Waals surface area contributed by atoms with Crippen molar-refractivity contribution in [3.63, 3.8) is 0 Å². The molecule has 1 saturated carbocycles. The summed E-state index contributed by atoms with van der Waals surface area (Å²) in [5.41, 5.74) is 5.62. The zero-order valence-corrected chi connectivity index (χ0v) is 17.4. The lowest BCUT2D eigenvalue weighted by Crippen LogP contribution is -2.17. The molecule has 1 aliphatic carbocycles. The van der Waals surface area contributed by atoms with Crippen LogP contribution < -0.4 is 0 Å². The van der Waals surface area contributed by atoms with Gasteiger partial charge in [-0.25, -0.2) is 4.39 Å². The Morgan fingerprint density at radius 1 is 1.19 bits per heavy atom. The van der Waals surface area contributed by atoms with Gasteiger partial charge in [-0.2, -0.15) is 0 Å². The molecule has 144 valence electrons. The number of hydrogen-bond acceptors (Lipinski definition) is 1. The van der Waals surface area contributed by atoms with E-state index in [-0.39, 0.29) is 5.83 Å². The molecule has 2 rings (SSSR count). The van der Waals surface area contributed by atoms with Gasteiger partial charge < -0.3 is 4.90 Å². The number of likely N-dealkylation sites (tertiary alicyclic amines) is 1. The number of hydrogen-bond donors (Lipinski definition) is 0. The molecule has 2 fully saturated rings. The summed E-state index contributed by atoms with van der Waals surface area (Å²) in [7, 11) is 2.17. The Morgan fingerprint density at radius 3 is 2.50 bits per heavy atom. The highest BCUT2D eigenvalue weighted by Crippen LogP contribution is 2.40. The van der Waals surface area contributed by atoms with Gasteiger partial charge in [0.05, 0.1) is 0 Å². The highest BCUT2D eigenvalue weighted by atomic mass is 19.1. The molecule has 2 heteroatoms. The molecule has 0 bridgehead atoms. The van der Waals surface area contributed by atoms with Gasteiger partial charge in [-0.05, 0) is 88.5 Å². The van der Waals surface area contributed by atoms with Crippen LogP contribution in [-0.2, 0) is 0 Å². The molecule has 0 atom stereocenters. The minimum Gasteiger partial charge on any atom is -0.378 e. The summed E-state index contributed by atoms with van der Waals surface area (Å²) in [6, 6.07) is 0. The summed E-state index contributed by atoms with van der Waals surface area (Å²) < 4.78 is 14.9. The lowest BCUT2D eigenvalue weighted by Gasteiger charge is -2.21. The number of rotatable bonds is 6. The smallest absolute Gasteiger partial charge is 0.126 e. The second-order valence-corrected chi connectivity index (χ2v) is 7.86. The summed E-state index contributed by atoms with van der Waals surface area (Å²) in [5, 5.41) is 0. The molecule has 0 spiro atoms. The van der Waals surface area contributed by atoms with E-state index >= 15 is 0 Å². The fraction of sp³-hybridized carbons (Fsp3) is 0.583. The van der Waals surface area contributed by atoms with Crippen LogP contribution in [-0.4, -0.2) is 18.5 Å². The van der Waals surface area contributed by atoms with Gasteiger partial charge in [0.25, 0.3) is 0 Å². The summed E-state index contributed by atoms with van der Waals surface area (Å²) >= 11 is 0. The highest BCUT2D eigenvalue weighted by molar-refractivity contribution is 5.55. The normalized spacial score (nSPS) is 21.8. The predicted octanol–water partition coefficient (Wildman–Crippen LogP) is 7.26. The Hall–Kier alpha value is -1.57. The SMILES string of the molecule is C\C=C(F)/C(=C\C(=C\CC)C1CC1)C(/C=C1/CCCCCN1C)=C(C)C. The lowest BCUT2D eigenvalue weighted by molar-refractivity contribution is 0.417. The lowest BCUT2D eigenvalue weighted by atomic mass is 9.94. The molecule has 0 unspecified atom stereocenters. The molecular weight excluding hydrogens is 321 g/mol. The molecule has 0 aromatic heterocycles. The van der Waals surface area contributed by atoms with Crippen molar-refractivity contribution in [2.45, 2.75) is 72.6 Å². The Morgan fingerprint density at radius 2 is 1.92 bits per heavy atom. The monoisotopic (exact) mass is 357 g/mol. The van der Waals surface area contributed by atoms with Crippen molar-refractivity contribution in [2.75, 3.05) is 13.6 Å². The molecule has 0 N–H and O–H groups in total. The maximum Gasteiger partial charge on any atom is 0.126 e. The van der Waals surface area contributed by atoms with Crippen molar-refractivity contribution in [1.82, 2.24) is 4.90 Å². The molecule has 1 nitrogen and oxygen atoms in total. The Bertz CT molecular complexity index is 637. The first-order valence-electron chi connectivity index (χ1n) is 10.3. The van der Waals surface area contributed by atoms with Gasteiger partial charge in [-0.1, -0.05) is 31.1 Å². The Kier molecular flexibility index (Phi) is 7.93. The average molecular weight is 358 g/mol. The molecule has 0 aromatic carbocycles. The van der Waals surface area contributed by atoms with Crippen LogP contribution in [0.1, 0.15) is 72.6 Å². The molecule has 0 radical (unpaired) electrons. The van der Waals surface area contributed by atoms with E-state index in [0.29, 0.717) is 5.92 Å². The van der Waals surface area contributed by atoms with Crippen LogP contribution in [0.3, 0.4) is 0 Å². The molecule has 2 aliphatic rings. The summed E-state index contributed by atoms with van der Waals surface area (Å²) in [4.78, 5) is 2.35. The third-order valence-corrected chi connectivity index (χ3v) is 5.37. The minimum absolute atomic E-state index is 0.114. The van der Waals surface area contributed by atoms with Gasteiger partial charge in [-0.15, -0.1) is 0 Å². The van der Waals surface area contributed by atoms with E-state index < -0.39 is 0 Å². The van der Waals surface area contributed by atoms with Gasteiger partial charge in [0, 0.05) is 24.9 Å². The van der Waals surface area contributed by atoms with Gasteiger partial charge >= 0.3 is 0 Å². The predicted molar refractivity (Wildman–Crippen MR) is 112 cm³/mol. The first kappa shape index (κ1) is 20.7. The van der Waals surface area contributed by atoms with E-state index in [1.54, 1.807) is 13.0 Å². The van der Waals surface area contributed by atoms with E-state index in [1.807, 2.05) is 0 Å². The third kappa shape index (κ3) is 5.72. The standard InChI is InChI=1S/C24H36FN/c1-6-11-20(19-13-14-19)16-23(24(25)7-2)22(18(3)4)17-21-12-9-8-10-15-26(21)5/h7,11,16-17,19H,6,8-10,12-15H2,1-5H3/b20-11-,21-17-,23-16-,24-7+. The van der Waals surface area contributed by atoms with E-state index in [0.717, 1.165) is 30.5 Å². The van der Waals surface area contributed by atoms with E-state index in [2.05, 4.69) is 50.9 Å².